The smallest absolute Gasteiger partial charge is 0.142 e. The Hall–Kier alpha value is -1.54. The van der Waals surface area contributed by atoms with Gasteiger partial charge in [0.1, 0.15) is 17.5 Å². The molecule has 14 heavy (non-hydrogen) atoms. The first kappa shape index (κ1) is 10.5. The number of rotatable bonds is 3. The van der Waals surface area contributed by atoms with E-state index < -0.39 is 6.10 Å². The summed E-state index contributed by atoms with van der Waals surface area (Å²) in [6.07, 6.45) is -0.447. The van der Waals surface area contributed by atoms with E-state index in [2.05, 4.69) is 16.5 Å². The Labute approximate surface area is 83.0 Å². The van der Waals surface area contributed by atoms with E-state index in [0.717, 1.165) is 0 Å². The molecule has 0 fully saturated rings. The summed E-state index contributed by atoms with van der Waals surface area (Å²) in [5.74, 6) is 0.658. The lowest BCUT2D eigenvalue weighted by molar-refractivity contribution is 0.208. The van der Waals surface area contributed by atoms with Gasteiger partial charge in [-0.3, -0.25) is 4.68 Å². The zero-order chi connectivity index (χ0) is 10.7. The van der Waals surface area contributed by atoms with E-state index in [0.29, 0.717) is 23.6 Å². The Morgan fingerprint density at radius 1 is 1.71 bits per heavy atom. The Morgan fingerprint density at radius 3 is 2.86 bits per heavy atom. The second-order valence-corrected chi connectivity index (χ2v) is 3.27. The van der Waals surface area contributed by atoms with Crippen molar-refractivity contribution in [3.05, 3.63) is 11.3 Å². The van der Waals surface area contributed by atoms with Crippen LogP contribution in [0, 0.1) is 18.3 Å². The van der Waals surface area contributed by atoms with Gasteiger partial charge in [-0.05, 0) is 13.8 Å². The van der Waals surface area contributed by atoms with Gasteiger partial charge in [0.25, 0.3) is 0 Å². The van der Waals surface area contributed by atoms with Crippen LogP contribution in [0.25, 0.3) is 0 Å². The maximum Gasteiger partial charge on any atom is 0.142 e. The molecule has 1 aromatic heterocycles. The number of nitrogens with zero attached hydrogens (tertiary/aromatic N) is 3. The van der Waals surface area contributed by atoms with Crippen molar-refractivity contribution in [2.24, 2.45) is 7.05 Å². The molecule has 0 aromatic carbocycles. The predicted octanol–water partition coefficient (Wildman–Crippen LogP) is 0.393. The minimum absolute atomic E-state index is 0.410. The van der Waals surface area contributed by atoms with Gasteiger partial charge in [-0.2, -0.15) is 10.4 Å². The number of aliphatic hydroxyl groups is 1. The van der Waals surface area contributed by atoms with Gasteiger partial charge in [-0.25, -0.2) is 0 Å². The number of aromatic nitrogens is 2. The first-order valence-electron chi connectivity index (χ1n) is 4.42. The largest absolute Gasteiger partial charge is 0.392 e. The molecular weight excluding hydrogens is 180 g/mol. The Bertz CT molecular complexity index is 362. The third-order valence-electron chi connectivity index (χ3n) is 1.90. The van der Waals surface area contributed by atoms with Gasteiger partial charge in [0.15, 0.2) is 0 Å². The quantitative estimate of drug-likeness (QED) is 0.730. The van der Waals surface area contributed by atoms with Crippen LogP contribution in [0.3, 0.4) is 0 Å². The van der Waals surface area contributed by atoms with Crippen molar-refractivity contribution in [3.63, 3.8) is 0 Å². The first-order chi connectivity index (χ1) is 6.56. The lowest BCUT2D eigenvalue weighted by Crippen LogP contribution is -2.17. The number of nitriles is 1. The third-order valence-corrected chi connectivity index (χ3v) is 1.90. The van der Waals surface area contributed by atoms with Crippen LogP contribution in [0.1, 0.15) is 18.2 Å². The van der Waals surface area contributed by atoms with E-state index in [9.17, 15) is 0 Å². The van der Waals surface area contributed by atoms with Crippen LogP contribution in [-0.4, -0.2) is 27.5 Å². The predicted molar refractivity (Wildman–Crippen MR) is 52.8 cm³/mol. The minimum atomic E-state index is -0.447. The fraction of sp³-hybridized carbons (Fsp3) is 0.556. The highest BCUT2D eigenvalue weighted by Gasteiger charge is 2.12. The molecule has 2 N–H and O–H groups in total. The molecule has 0 saturated heterocycles. The second kappa shape index (κ2) is 4.11. The van der Waals surface area contributed by atoms with Crippen LogP contribution in [0.4, 0.5) is 5.82 Å². The minimum Gasteiger partial charge on any atom is -0.392 e. The number of anilines is 1. The standard InChI is InChI=1S/C9H14N4O/c1-6(14)5-11-9-8(4-10)7(2)12-13(9)3/h6,11,14H,5H2,1-3H3. The van der Waals surface area contributed by atoms with Gasteiger partial charge in [0, 0.05) is 13.6 Å². The molecule has 5 nitrogen and oxygen atoms in total. The van der Waals surface area contributed by atoms with E-state index in [-0.39, 0.29) is 0 Å². The molecule has 0 aliphatic carbocycles. The molecule has 0 amide bonds. The number of aryl methyl sites for hydroxylation is 2. The maximum absolute atomic E-state index is 9.10. The van der Waals surface area contributed by atoms with E-state index in [1.54, 1.807) is 25.6 Å². The molecule has 0 saturated carbocycles. The van der Waals surface area contributed by atoms with E-state index in [1.165, 1.54) is 0 Å². The summed E-state index contributed by atoms with van der Waals surface area (Å²) >= 11 is 0. The number of aliphatic hydroxyl groups excluding tert-OH is 1. The summed E-state index contributed by atoms with van der Waals surface area (Å²) in [5.41, 5.74) is 1.23. The highest BCUT2D eigenvalue weighted by molar-refractivity contribution is 5.54. The molecule has 1 unspecified atom stereocenters. The van der Waals surface area contributed by atoms with Crippen LogP contribution in [-0.2, 0) is 7.05 Å². The highest BCUT2D eigenvalue weighted by atomic mass is 16.3. The Morgan fingerprint density at radius 2 is 2.36 bits per heavy atom. The SMILES string of the molecule is Cc1nn(C)c(NCC(C)O)c1C#N. The van der Waals surface area contributed by atoms with E-state index >= 15 is 0 Å². The number of hydrogen-bond acceptors (Lipinski definition) is 4. The van der Waals surface area contributed by atoms with Crippen LogP contribution >= 0.6 is 0 Å². The summed E-state index contributed by atoms with van der Waals surface area (Å²) < 4.78 is 1.61. The average Bonchev–Trinajstić information content (AvgIpc) is 2.36. The average molecular weight is 194 g/mol. The van der Waals surface area contributed by atoms with Crippen molar-refractivity contribution in [1.29, 1.82) is 5.26 Å². The molecule has 1 rings (SSSR count). The molecule has 0 aliphatic rings. The zero-order valence-electron chi connectivity index (χ0n) is 8.57. The maximum atomic E-state index is 9.10. The molecule has 76 valence electrons. The van der Waals surface area contributed by atoms with Gasteiger partial charge in [-0.15, -0.1) is 0 Å². The molecule has 0 spiro atoms. The van der Waals surface area contributed by atoms with E-state index in [4.69, 9.17) is 10.4 Å². The van der Waals surface area contributed by atoms with Gasteiger partial charge >= 0.3 is 0 Å². The summed E-state index contributed by atoms with van der Waals surface area (Å²) in [4.78, 5) is 0. The summed E-state index contributed by atoms with van der Waals surface area (Å²) in [6.45, 7) is 3.88. The van der Waals surface area contributed by atoms with Crippen LogP contribution in [0.5, 0.6) is 0 Å². The fourth-order valence-electron chi connectivity index (χ4n) is 1.24. The van der Waals surface area contributed by atoms with Crippen molar-refractivity contribution >= 4 is 5.82 Å². The molecule has 0 bridgehead atoms. The number of hydrogen-bond donors (Lipinski definition) is 2. The van der Waals surface area contributed by atoms with Crippen molar-refractivity contribution in [1.82, 2.24) is 9.78 Å². The molecule has 1 heterocycles. The third kappa shape index (κ3) is 2.03. The van der Waals surface area contributed by atoms with Crippen molar-refractivity contribution < 1.29 is 5.11 Å². The molecule has 5 heteroatoms. The summed E-state index contributed by atoms with van der Waals surface area (Å²) in [6, 6.07) is 2.08. The monoisotopic (exact) mass is 194 g/mol. The lowest BCUT2D eigenvalue weighted by Gasteiger charge is -2.08. The summed E-state index contributed by atoms with van der Waals surface area (Å²) in [5, 5.41) is 25.1. The molecule has 1 atom stereocenters. The highest BCUT2D eigenvalue weighted by Crippen LogP contribution is 2.16. The Balaban J connectivity index is 2.90. The van der Waals surface area contributed by atoms with Crippen molar-refractivity contribution in [2.45, 2.75) is 20.0 Å². The molecule has 1 aromatic rings. The fourth-order valence-corrected chi connectivity index (χ4v) is 1.24. The van der Waals surface area contributed by atoms with Crippen LogP contribution < -0.4 is 5.32 Å². The van der Waals surface area contributed by atoms with Crippen molar-refractivity contribution in [3.8, 4) is 6.07 Å². The van der Waals surface area contributed by atoms with E-state index in [1.807, 2.05) is 0 Å². The van der Waals surface area contributed by atoms with Crippen molar-refractivity contribution in [2.75, 3.05) is 11.9 Å². The first-order valence-corrected chi connectivity index (χ1v) is 4.42. The van der Waals surface area contributed by atoms with Gasteiger partial charge in [-0.1, -0.05) is 0 Å². The Kier molecular flexibility index (Phi) is 3.10. The second-order valence-electron chi connectivity index (χ2n) is 3.27. The van der Waals surface area contributed by atoms with Crippen LogP contribution in [0.2, 0.25) is 0 Å². The number of nitrogens with one attached hydrogen (secondary N) is 1. The van der Waals surface area contributed by atoms with Gasteiger partial charge in [0.05, 0.1) is 11.8 Å². The topological polar surface area (TPSA) is 73.9 Å². The molecular formula is C9H14N4O. The van der Waals surface area contributed by atoms with Crippen LogP contribution in [0.15, 0.2) is 0 Å². The zero-order valence-corrected chi connectivity index (χ0v) is 8.57. The lowest BCUT2D eigenvalue weighted by atomic mass is 10.2. The summed E-state index contributed by atoms with van der Waals surface area (Å²) in [7, 11) is 1.76. The normalized spacial score (nSPS) is 12.2. The van der Waals surface area contributed by atoms with Gasteiger partial charge in [0.2, 0.25) is 0 Å². The molecule has 0 aliphatic heterocycles. The van der Waals surface area contributed by atoms with Gasteiger partial charge < -0.3 is 10.4 Å². The molecule has 0 radical (unpaired) electrons.